The molecule has 3 nitrogen and oxygen atoms in total. The molecule has 0 aliphatic rings. The van der Waals surface area contributed by atoms with Crippen LogP contribution in [-0.4, -0.2) is 15.8 Å². The number of nitrogens with one attached hydrogen (secondary N) is 1. The zero-order valence-electron chi connectivity index (χ0n) is 9.42. The van der Waals surface area contributed by atoms with Crippen molar-refractivity contribution in [3.8, 4) is 5.75 Å². The molecule has 0 bridgehead atoms. The lowest BCUT2D eigenvalue weighted by Gasteiger charge is -2.08. The van der Waals surface area contributed by atoms with E-state index in [-0.39, 0.29) is 5.75 Å². The maximum absolute atomic E-state index is 10.0. The molecular formula is C14H10N2OS. The average Bonchev–Trinajstić information content (AvgIpc) is 2.92. The highest BCUT2D eigenvalue weighted by Gasteiger charge is 2.14. The molecule has 18 heavy (non-hydrogen) atoms. The van der Waals surface area contributed by atoms with Gasteiger partial charge in [-0.3, -0.25) is 10.4 Å². The first-order valence-corrected chi connectivity index (χ1v) is 6.34. The molecule has 0 aliphatic carbocycles. The van der Waals surface area contributed by atoms with Crippen LogP contribution in [0.25, 0.3) is 10.8 Å². The number of nitrogens with zero attached hydrogens (tertiary/aromatic N) is 1. The van der Waals surface area contributed by atoms with E-state index in [0.717, 1.165) is 15.6 Å². The maximum atomic E-state index is 10.0. The lowest BCUT2D eigenvalue weighted by Crippen LogP contribution is -2.00. The Balaban J connectivity index is 2.28. The summed E-state index contributed by atoms with van der Waals surface area (Å²) in [6, 6.07) is 11.2. The number of phenols is 1. The van der Waals surface area contributed by atoms with Crippen LogP contribution in [0.3, 0.4) is 0 Å². The van der Waals surface area contributed by atoms with Crippen LogP contribution >= 0.6 is 11.3 Å². The molecule has 0 aliphatic heterocycles. The van der Waals surface area contributed by atoms with Gasteiger partial charge < -0.3 is 5.11 Å². The summed E-state index contributed by atoms with van der Waals surface area (Å²) in [5.41, 5.74) is 2.57. The average molecular weight is 254 g/mol. The monoisotopic (exact) mass is 254 g/mol. The summed E-state index contributed by atoms with van der Waals surface area (Å²) < 4.78 is 0. The van der Waals surface area contributed by atoms with Crippen molar-refractivity contribution >= 4 is 27.8 Å². The van der Waals surface area contributed by atoms with Crippen molar-refractivity contribution in [3.63, 3.8) is 0 Å². The molecule has 0 radical (unpaired) electrons. The van der Waals surface area contributed by atoms with Gasteiger partial charge in [-0.05, 0) is 16.8 Å². The van der Waals surface area contributed by atoms with Crippen LogP contribution in [-0.2, 0) is 0 Å². The predicted molar refractivity (Wildman–Crippen MR) is 73.7 cm³/mol. The third-order valence-corrected chi connectivity index (χ3v) is 3.63. The van der Waals surface area contributed by atoms with Gasteiger partial charge in [0, 0.05) is 6.20 Å². The Kier molecular flexibility index (Phi) is 2.57. The van der Waals surface area contributed by atoms with Crippen LogP contribution in [0.15, 0.2) is 48.1 Å². The number of thiazole rings is 1. The first-order chi connectivity index (χ1) is 8.77. The third-order valence-electron chi connectivity index (χ3n) is 2.84. The van der Waals surface area contributed by atoms with E-state index in [0.29, 0.717) is 11.3 Å². The number of aromatic nitrogens is 1. The Labute approximate surface area is 108 Å². The van der Waals surface area contributed by atoms with Crippen molar-refractivity contribution in [1.29, 1.82) is 5.41 Å². The Hall–Kier alpha value is -2.20. The van der Waals surface area contributed by atoms with Gasteiger partial charge in [0.2, 0.25) is 0 Å². The number of rotatable bonds is 2. The topological polar surface area (TPSA) is 57.0 Å². The molecule has 2 aromatic carbocycles. The zero-order valence-corrected chi connectivity index (χ0v) is 10.2. The van der Waals surface area contributed by atoms with E-state index in [1.807, 2.05) is 30.3 Å². The largest absolute Gasteiger partial charge is 0.507 e. The van der Waals surface area contributed by atoms with Gasteiger partial charge in [0.25, 0.3) is 0 Å². The summed E-state index contributed by atoms with van der Waals surface area (Å²) in [5.74, 6) is 0.132. The van der Waals surface area contributed by atoms with Crippen LogP contribution in [0.4, 0.5) is 0 Å². The molecule has 0 amide bonds. The standard InChI is InChI=1S/C14H10N2OS/c15-14(12-7-16-8-18-12)13-10-4-2-1-3-9(10)5-6-11(13)17/h1-8,15,17H. The van der Waals surface area contributed by atoms with Gasteiger partial charge in [-0.2, -0.15) is 0 Å². The number of hydrogen-bond acceptors (Lipinski definition) is 4. The lowest BCUT2D eigenvalue weighted by atomic mass is 9.99. The maximum Gasteiger partial charge on any atom is 0.125 e. The van der Waals surface area contributed by atoms with Crippen LogP contribution in [0.5, 0.6) is 5.75 Å². The molecule has 3 aromatic rings. The van der Waals surface area contributed by atoms with Crippen LogP contribution in [0.2, 0.25) is 0 Å². The molecule has 3 rings (SSSR count). The minimum absolute atomic E-state index is 0.132. The second-order valence-corrected chi connectivity index (χ2v) is 4.81. The highest BCUT2D eigenvalue weighted by atomic mass is 32.1. The zero-order chi connectivity index (χ0) is 12.5. The molecule has 0 saturated heterocycles. The summed E-state index contributed by atoms with van der Waals surface area (Å²) in [6.45, 7) is 0. The second kappa shape index (κ2) is 4.23. The Morgan fingerprint density at radius 3 is 2.78 bits per heavy atom. The molecule has 0 spiro atoms. The highest BCUT2D eigenvalue weighted by Crippen LogP contribution is 2.29. The first-order valence-electron chi connectivity index (χ1n) is 5.46. The fraction of sp³-hybridized carbons (Fsp3) is 0. The Morgan fingerprint density at radius 1 is 1.17 bits per heavy atom. The molecular weight excluding hydrogens is 244 g/mol. The Bertz CT molecular complexity index is 720. The van der Waals surface area contributed by atoms with Crippen LogP contribution in [0, 0.1) is 5.41 Å². The van der Waals surface area contributed by atoms with E-state index >= 15 is 0 Å². The number of aromatic hydroxyl groups is 1. The van der Waals surface area contributed by atoms with Crippen LogP contribution in [0.1, 0.15) is 10.4 Å². The highest BCUT2D eigenvalue weighted by molar-refractivity contribution is 7.12. The lowest BCUT2D eigenvalue weighted by molar-refractivity contribution is 0.475. The molecule has 1 heterocycles. The van der Waals surface area contributed by atoms with Crippen molar-refractivity contribution in [1.82, 2.24) is 4.98 Å². The van der Waals surface area contributed by atoms with E-state index in [1.54, 1.807) is 17.8 Å². The van der Waals surface area contributed by atoms with Crippen molar-refractivity contribution in [2.75, 3.05) is 0 Å². The predicted octanol–water partition coefficient (Wildman–Crippen LogP) is 3.42. The van der Waals surface area contributed by atoms with E-state index in [2.05, 4.69) is 4.98 Å². The minimum atomic E-state index is 0.132. The molecule has 88 valence electrons. The van der Waals surface area contributed by atoms with Gasteiger partial charge in [0.15, 0.2) is 0 Å². The van der Waals surface area contributed by atoms with Crippen molar-refractivity contribution in [3.05, 3.63) is 58.5 Å². The first kappa shape index (κ1) is 10.9. The SMILES string of the molecule is N=C(c1cncs1)c1c(O)ccc2ccccc12. The summed E-state index contributed by atoms with van der Waals surface area (Å²) in [6.07, 6.45) is 1.65. The molecule has 0 atom stereocenters. The number of hydrogen-bond donors (Lipinski definition) is 2. The van der Waals surface area contributed by atoms with Gasteiger partial charge >= 0.3 is 0 Å². The molecule has 0 fully saturated rings. The van der Waals surface area contributed by atoms with Crippen molar-refractivity contribution in [2.45, 2.75) is 0 Å². The van der Waals surface area contributed by atoms with Gasteiger partial charge in [0.05, 0.1) is 21.7 Å². The molecule has 1 aromatic heterocycles. The second-order valence-electron chi connectivity index (χ2n) is 3.92. The van der Waals surface area contributed by atoms with Gasteiger partial charge in [-0.25, -0.2) is 0 Å². The molecule has 2 N–H and O–H groups in total. The van der Waals surface area contributed by atoms with Gasteiger partial charge in [-0.15, -0.1) is 11.3 Å². The normalized spacial score (nSPS) is 10.7. The Morgan fingerprint density at radius 2 is 2.00 bits per heavy atom. The third kappa shape index (κ3) is 1.67. The smallest absolute Gasteiger partial charge is 0.125 e. The molecule has 0 unspecified atom stereocenters. The van der Waals surface area contributed by atoms with Gasteiger partial charge in [0.1, 0.15) is 5.75 Å². The fourth-order valence-electron chi connectivity index (χ4n) is 1.99. The number of fused-ring (bicyclic) bond motifs is 1. The molecule has 0 saturated carbocycles. The molecule has 4 heteroatoms. The summed E-state index contributed by atoms with van der Waals surface area (Å²) in [7, 11) is 0. The van der Waals surface area contributed by atoms with Crippen molar-refractivity contribution < 1.29 is 5.11 Å². The number of phenolic OH excluding ortho intramolecular Hbond substituents is 1. The fourth-order valence-corrected chi connectivity index (χ4v) is 2.56. The summed E-state index contributed by atoms with van der Waals surface area (Å²) >= 11 is 1.40. The number of benzene rings is 2. The van der Waals surface area contributed by atoms with E-state index in [4.69, 9.17) is 5.41 Å². The summed E-state index contributed by atoms with van der Waals surface area (Å²) in [5, 5.41) is 20.1. The van der Waals surface area contributed by atoms with E-state index in [1.165, 1.54) is 11.3 Å². The van der Waals surface area contributed by atoms with E-state index in [9.17, 15) is 5.11 Å². The van der Waals surface area contributed by atoms with Crippen molar-refractivity contribution in [2.24, 2.45) is 0 Å². The summed E-state index contributed by atoms with van der Waals surface area (Å²) in [4.78, 5) is 4.73. The van der Waals surface area contributed by atoms with Gasteiger partial charge in [-0.1, -0.05) is 30.3 Å². The van der Waals surface area contributed by atoms with E-state index < -0.39 is 0 Å². The quantitative estimate of drug-likeness (QED) is 0.688. The minimum Gasteiger partial charge on any atom is -0.507 e. The van der Waals surface area contributed by atoms with Crippen LogP contribution < -0.4 is 0 Å².